The lowest BCUT2D eigenvalue weighted by atomic mass is 9.95. The molecule has 0 amide bonds. The number of amidine groups is 2. The Balaban J connectivity index is 1.22. The van der Waals surface area contributed by atoms with E-state index in [1.54, 1.807) is 0 Å². The number of piperidine rings is 2. The first-order chi connectivity index (χ1) is 16.8. The van der Waals surface area contributed by atoms with E-state index >= 15 is 0 Å². The fraction of sp³-hybridized carbons (Fsp3) is 0.680. The van der Waals surface area contributed by atoms with Crippen molar-refractivity contribution in [1.29, 1.82) is 0 Å². The van der Waals surface area contributed by atoms with Gasteiger partial charge in [-0.1, -0.05) is 23.7 Å². The number of likely N-dealkylation sites (tertiary alicyclic amines) is 2. The van der Waals surface area contributed by atoms with Gasteiger partial charge in [0.25, 0.3) is 5.92 Å². The number of nitrogens with two attached hydrogens (primary N) is 1. The predicted molar refractivity (Wildman–Crippen MR) is 134 cm³/mol. The van der Waals surface area contributed by atoms with Crippen LogP contribution in [-0.4, -0.2) is 96.4 Å². The lowest BCUT2D eigenvalue weighted by Crippen LogP contribution is -2.59. The SMILES string of the molecule is NC1=NN=C(N2CCC(N3C[C@H](CN4CCC(F)(F)CC4)OC[C@@H]3Cc3ccc(Cl)cc3)CC2)C1. The molecule has 3 saturated heterocycles. The van der Waals surface area contributed by atoms with Crippen molar-refractivity contribution in [1.82, 2.24) is 14.7 Å². The second kappa shape index (κ2) is 10.7. The number of hydrogen-bond donors (Lipinski definition) is 1. The molecule has 4 aliphatic rings. The van der Waals surface area contributed by atoms with E-state index in [0.29, 0.717) is 44.5 Å². The van der Waals surface area contributed by atoms with E-state index in [1.165, 1.54) is 5.56 Å². The van der Waals surface area contributed by atoms with Gasteiger partial charge >= 0.3 is 0 Å². The molecule has 2 N–H and O–H groups in total. The molecule has 35 heavy (non-hydrogen) atoms. The van der Waals surface area contributed by atoms with Gasteiger partial charge in [0, 0.05) is 69.2 Å². The zero-order valence-electron chi connectivity index (χ0n) is 20.1. The third-order valence-electron chi connectivity index (χ3n) is 7.77. The monoisotopic (exact) mass is 508 g/mol. The predicted octanol–water partition coefficient (Wildman–Crippen LogP) is 3.22. The van der Waals surface area contributed by atoms with Crippen molar-refractivity contribution >= 4 is 23.3 Å². The molecule has 0 aliphatic carbocycles. The third kappa shape index (κ3) is 6.31. The summed E-state index contributed by atoms with van der Waals surface area (Å²) >= 11 is 6.09. The molecule has 10 heteroatoms. The Kier molecular flexibility index (Phi) is 7.58. The van der Waals surface area contributed by atoms with Crippen LogP contribution in [0.25, 0.3) is 0 Å². The number of halogens is 3. The van der Waals surface area contributed by atoms with E-state index in [4.69, 9.17) is 22.1 Å². The highest BCUT2D eigenvalue weighted by molar-refractivity contribution is 6.30. The summed E-state index contributed by atoms with van der Waals surface area (Å²) in [6, 6.07) is 8.78. The number of morpholine rings is 1. The Bertz CT molecular complexity index is 924. The molecule has 1 aromatic rings. The van der Waals surface area contributed by atoms with Crippen LogP contribution in [0.15, 0.2) is 34.5 Å². The zero-order chi connectivity index (χ0) is 24.4. The number of hydrogen-bond acceptors (Lipinski definition) is 7. The van der Waals surface area contributed by atoms with Crippen molar-refractivity contribution in [2.24, 2.45) is 15.9 Å². The van der Waals surface area contributed by atoms with Crippen LogP contribution in [0.5, 0.6) is 0 Å². The standard InChI is InChI=1S/C25H35ClF2N6O/c26-19-3-1-18(2-4-19)13-21-17-35-22(15-32-11-7-25(27,28)8-12-32)16-34(21)20-5-9-33(10-6-20)24-14-23(29)30-31-24/h1-4,20-22H,5-17H2,(H2,29,30)/t21-,22-/m0/s1. The summed E-state index contributed by atoms with van der Waals surface area (Å²) in [5, 5.41) is 8.98. The first kappa shape index (κ1) is 24.9. The molecule has 0 unspecified atom stereocenters. The molecule has 3 fully saturated rings. The highest BCUT2D eigenvalue weighted by Gasteiger charge is 2.39. The minimum atomic E-state index is -2.52. The van der Waals surface area contributed by atoms with Crippen molar-refractivity contribution in [2.75, 3.05) is 45.9 Å². The number of alkyl halides is 2. The molecule has 0 spiro atoms. The molecule has 0 saturated carbocycles. The Labute approximate surface area is 210 Å². The summed E-state index contributed by atoms with van der Waals surface area (Å²) in [5.74, 6) is -0.968. The van der Waals surface area contributed by atoms with Gasteiger partial charge < -0.3 is 20.3 Å². The maximum Gasteiger partial charge on any atom is 0.250 e. The molecule has 4 aliphatic heterocycles. The van der Waals surface area contributed by atoms with Crippen LogP contribution >= 0.6 is 11.6 Å². The minimum absolute atomic E-state index is 0.0358. The Morgan fingerprint density at radius 2 is 1.77 bits per heavy atom. The van der Waals surface area contributed by atoms with Gasteiger partial charge in [-0.15, -0.1) is 10.2 Å². The fourth-order valence-electron chi connectivity index (χ4n) is 5.74. The average Bonchev–Trinajstić information content (AvgIpc) is 3.29. The lowest BCUT2D eigenvalue weighted by Gasteiger charge is -2.48. The van der Waals surface area contributed by atoms with Crippen LogP contribution in [-0.2, 0) is 11.2 Å². The van der Waals surface area contributed by atoms with Crippen LogP contribution in [0.2, 0.25) is 5.02 Å². The summed E-state index contributed by atoms with van der Waals surface area (Å²) in [5.41, 5.74) is 7.06. The van der Waals surface area contributed by atoms with Crippen molar-refractivity contribution in [2.45, 2.75) is 62.6 Å². The minimum Gasteiger partial charge on any atom is -0.385 e. The summed E-state index contributed by atoms with van der Waals surface area (Å²) in [7, 11) is 0. The highest BCUT2D eigenvalue weighted by atomic mass is 35.5. The first-order valence-electron chi connectivity index (χ1n) is 12.7. The second-order valence-corrected chi connectivity index (χ2v) is 10.7. The normalized spacial score (nSPS) is 28.7. The van der Waals surface area contributed by atoms with Crippen molar-refractivity contribution in [3.05, 3.63) is 34.9 Å². The molecule has 4 heterocycles. The van der Waals surface area contributed by atoms with E-state index in [2.05, 4.69) is 37.0 Å². The van der Waals surface area contributed by atoms with E-state index < -0.39 is 5.92 Å². The molecule has 2 atom stereocenters. The number of nitrogens with zero attached hydrogens (tertiary/aromatic N) is 5. The summed E-state index contributed by atoms with van der Waals surface area (Å²) in [6.45, 7) is 4.93. The molecule has 0 bridgehead atoms. The summed E-state index contributed by atoms with van der Waals surface area (Å²) < 4.78 is 33.5. The van der Waals surface area contributed by atoms with Gasteiger partial charge in [-0.05, 0) is 37.0 Å². The van der Waals surface area contributed by atoms with Crippen LogP contribution < -0.4 is 5.73 Å². The lowest BCUT2D eigenvalue weighted by molar-refractivity contribution is -0.106. The number of rotatable bonds is 5. The van der Waals surface area contributed by atoms with Crippen LogP contribution in [0, 0.1) is 0 Å². The van der Waals surface area contributed by atoms with Crippen molar-refractivity contribution < 1.29 is 13.5 Å². The van der Waals surface area contributed by atoms with Gasteiger partial charge in [-0.3, -0.25) is 4.90 Å². The summed E-state index contributed by atoms with van der Waals surface area (Å²) in [4.78, 5) is 7.07. The molecule has 1 aromatic carbocycles. The molecular formula is C25H35ClF2N6O. The van der Waals surface area contributed by atoms with Gasteiger partial charge in [0.2, 0.25) is 0 Å². The van der Waals surface area contributed by atoms with E-state index in [0.717, 1.165) is 49.8 Å². The van der Waals surface area contributed by atoms with Gasteiger partial charge in [0.1, 0.15) is 11.7 Å². The number of benzene rings is 1. The van der Waals surface area contributed by atoms with Gasteiger partial charge in [0.05, 0.1) is 19.1 Å². The fourth-order valence-corrected chi connectivity index (χ4v) is 5.87. The van der Waals surface area contributed by atoms with Crippen molar-refractivity contribution in [3.63, 3.8) is 0 Å². The molecular weight excluding hydrogens is 474 g/mol. The Hall–Kier alpha value is -1.81. The van der Waals surface area contributed by atoms with E-state index in [9.17, 15) is 8.78 Å². The van der Waals surface area contributed by atoms with Gasteiger partial charge in [0.15, 0.2) is 0 Å². The average molecular weight is 509 g/mol. The van der Waals surface area contributed by atoms with Crippen LogP contribution in [0.4, 0.5) is 8.78 Å². The molecule has 5 rings (SSSR count). The highest BCUT2D eigenvalue weighted by Crippen LogP contribution is 2.30. The van der Waals surface area contributed by atoms with E-state index in [1.807, 2.05) is 12.1 Å². The molecule has 7 nitrogen and oxygen atoms in total. The van der Waals surface area contributed by atoms with Gasteiger partial charge in [-0.25, -0.2) is 8.78 Å². The maximum absolute atomic E-state index is 13.6. The third-order valence-corrected chi connectivity index (χ3v) is 8.03. The number of ether oxygens (including phenoxy) is 1. The topological polar surface area (TPSA) is 69.7 Å². The van der Waals surface area contributed by atoms with E-state index in [-0.39, 0.29) is 25.0 Å². The first-order valence-corrected chi connectivity index (χ1v) is 13.1. The Morgan fingerprint density at radius 3 is 2.43 bits per heavy atom. The second-order valence-electron chi connectivity index (χ2n) is 10.3. The van der Waals surface area contributed by atoms with Crippen LogP contribution in [0.1, 0.15) is 37.7 Å². The smallest absolute Gasteiger partial charge is 0.250 e. The molecule has 192 valence electrons. The zero-order valence-corrected chi connectivity index (χ0v) is 20.8. The van der Waals surface area contributed by atoms with Crippen molar-refractivity contribution in [3.8, 4) is 0 Å². The molecule has 0 aromatic heterocycles. The maximum atomic E-state index is 13.6. The summed E-state index contributed by atoms with van der Waals surface area (Å²) in [6.07, 6.45) is 3.54. The molecule has 0 radical (unpaired) electrons. The van der Waals surface area contributed by atoms with Gasteiger partial charge in [-0.2, -0.15) is 0 Å². The Morgan fingerprint density at radius 1 is 1.06 bits per heavy atom. The van der Waals surface area contributed by atoms with Crippen LogP contribution in [0.3, 0.4) is 0 Å². The quantitative estimate of drug-likeness (QED) is 0.661. The largest absolute Gasteiger partial charge is 0.385 e.